The molecule has 0 spiro atoms. The van der Waals surface area contributed by atoms with Crippen LogP contribution in [0.25, 0.3) is 16.8 Å². The summed E-state index contributed by atoms with van der Waals surface area (Å²) in [5.74, 6) is -0.994. The van der Waals surface area contributed by atoms with Crippen LogP contribution >= 0.6 is 0 Å². The zero-order chi connectivity index (χ0) is 15.9. The van der Waals surface area contributed by atoms with E-state index in [1.807, 2.05) is 19.1 Å². The van der Waals surface area contributed by atoms with Gasteiger partial charge in [0.05, 0.1) is 22.9 Å². The van der Waals surface area contributed by atoms with Gasteiger partial charge in [-0.3, -0.25) is 4.98 Å². The molecule has 0 radical (unpaired) electrons. The molecule has 4 heteroatoms. The Morgan fingerprint density at radius 2 is 1.95 bits per heavy atom. The number of carbonyl (C=O) groups is 1. The maximum absolute atomic E-state index is 11.3. The van der Waals surface area contributed by atoms with Gasteiger partial charge in [-0.25, -0.2) is 4.79 Å². The second kappa shape index (κ2) is 7.00. The number of carboxylic acids is 1. The highest BCUT2D eigenvalue weighted by Gasteiger charge is 2.10. The van der Waals surface area contributed by atoms with E-state index in [1.165, 1.54) is 6.20 Å². The Hall–Kier alpha value is -3.19. The largest absolute Gasteiger partial charge is 0.478 e. The van der Waals surface area contributed by atoms with Crippen LogP contribution in [0.2, 0.25) is 0 Å². The number of allylic oxidation sites excluding steroid dienone is 3. The molecule has 0 fully saturated rings. The molecule has 1 aromatic heterocycles. The Morgan fingerprint density at radius 3 is 2.45 bits per heavy atom. The number of benzene rings is 1. The van der Waals surface area contributed by atoms with Gasteiger partial charge in [0.15, 0.2) is 0 Å². The fraction of sp³-hybridized carbons (Fsp3) is 0.0556. The quantitative estimate of drug-likeness (QED) is 0.688. The molecule has 0 atom stereocenters. The van der Waals surface area contributed by atoms with Gasteiger partial charge >= 0.3 is 5.97 Å². The van der Waals surface area contributed by atoms with Crippen LogP contribution in [-0.2, 0) is 4.79 Å². The second-order valence-corrected chi connectivity index (χ2v) is 4.53. The molecule has 1 aromatic carbocycles. The Morgan fingerprint density at radius 1 is 1.23 bits per heavy atom. The van der Waals surface area contributed by atoms with Crippen molar-refractivity contribution >= 4 is 11.5 Å². The predicted molar refractivity (Wildman–Crippen MR) is 84.8 cm³/mol. The molecule has 2 rings (SSSR count). The normalized spacial score (nSPS) is 11.4. The van der Waals surface area contributed by atoms with Gasteiger partial charge in [0.2, 0.25) is 0 Å². The lowest BCUT2D eigenvalue weighted by molar-refractivity contribution is -0.130. The molecule has 2 aromatic rings. The summed E-state index contributed by atoms with van der Waals surface area (Å²) >= 11 is 0. The van der Waals surface area contributed by atoms with E-state index in [0.717, 1.165) is 11.3 Å². The van der Waals surface area contributed by atoms with Crippen LogP contribution in [0.4, 0.5) is 0 Å². The third-order valence-electron chi connectivity index (χ3n) is 3.07. The summed E-state index contributed by atoms with van der Waals surface area (Å²) in [6, 6.07) is 12.6. The van der Waals surface area contributed by atoms with Gasteiger partial charge < -0.3 is 5.11 Å². The molecule has 108 valence electrons. The van der Waals surface area contributed by atoms with Crippen LogP contribution in [-0.4, -0.2) is 16.1 Å². The van der Waals surface area contributed by atoms with Gasteiger partial charge in [-0.2, -0.15) is 5.26 Å². The first-order valence-corrected chi connectivity index (χ1v) is 6.69. The third kappa shape index (κ3) is 3.47. The molecule has 0 saturated carbocycles. The van der Waals surface area contributed by atoms with Crippen molar-refractivity contribution in [3.63, 3.8) is 0 Å². The number of hydrogen-bond donors (Lipinski definition) is 1. The number of aromatic nitrogens is 1. The van der Waals surface area contributed by atoms with Crippen LogP contribution in [0.5, 0.6) is 0 Å². The first-order valence-electron chi connectivity index (χ1n) is 6.69. The van der Waals surface area contributed by atoms with E-state index in [1.54, 1.807) is 42.5 Å². The van der Waals surface area contributed by atoms with E-state index in [4.69, 9.17) is 5.26 Å². The van der Waals surface area contributed by atoms with Crippen LogP contribution in [0.3, 0.4) is 0 Å². The van der Waals surface area contributed by atoms with Gasteiger partial charge in [-0.15, -0.1) is 0 Å². The number of carboxylic acid groups (broad SMARTS) is 1. The molecule has 0 aliphatic carbocycles. The van der Waals surface area contributed by atoms with Gasteiger partial charge in [0, 0.05) is 17.3 Å². The average Bonchev–Trinajstić information content (AvgIpc) is 2.55. The molecular weight excluding hydrogens is 276 g/mol. The van der Waals surface area contributed by atoms with Gasteiger partial charge in [0.25, 0.3) is 0 Å². The molecule has 22 heavy (non-hydrogen) atoms. The van der Waals surface area contributed by atoms with Crippen LogP contribution in [0.15, 0.2) is 60.8 Å². The van der Waals surface area contributed by atoms with Crippen molar-refractivity contribution in [3.8, 4) is 17.3 Å². The van der Waals surface area contributed by atoms with Crippen molar-refractivity contribution in [2.24, 2.45) is 0 Å². The topological polar surface area (TPSA) is 74.0 Å². The minimum Gasteiger partial charge on any atom is -0.478 e. The Balaban J connectivity index is 2.33. The molecular formula is C18H14N2O2. The summed E-state index contributed by atoms with van der Waals surface area (Å²) in [6.45, 7) is 1.82. The Bertz CT molecular complexity index is 764. The molecule has 0 amide bonds. The first-order chi connectivity index (χ1) is 10.7. The molecule has 1 N–H and O–H groups in total. The smallest absolute Gasteiger partial charge is 0.336 e. The minimum atomic E-state index is -0.994. The lowest BCUT2D eigenvalue weighted by Gasteiger charge is -2.04. The standard InChI is InChI=1S/C18H14N2O2/c1-2-3-4-16(18(21)22)15-9-10-17(20-12-15)14-7-5-13(11-19)6-8-14/h2-10,12H,1H3,(H,21,22). The summed E-state index contributed by atoms with van der Waals surface area (Å²) in [4.78, 5) is 15.6. The first kappa shape index (κ1) is 15.2. The summed E-state index contributed by atoms with van der Waals surface area (Å²) in [5.41, 5.74) is 2.92. The van der Waals surface area contributed by atoms with Gasteiger partial charge in [0.1, 0.15) is 0 Å². The average molecular weight is 290 g/mol. The van der Waals surface area contributed by atoms with E-state index >= 15 is 0 Å². The molecule has 0 bridgehead atoms. The van der Waals surface area contributed by atoms with Crippen LogP contribution < -0.4 is 0 Å². The minimum absolute atomic E-state index is 0.192. The summed E-state index contributed by atoms with van der Waals surface area (Å²) in [5, 5.41) is 18.0. The molecule has 0 saturated heterocycles. The summed E-state index contributed by atoms with van der Waals surface area (Å²) in [6.07, 6.45) is 6.52. The SMILES string of the molecule is CC=CC=C(C(=O)O)c1ccc(-c2ccc(C#N)cc2)nc1. The lowest BCUT2D eigenvalue weighted by atomic mass is 10.0. The van der Waals surface area contributed by atoms with E-state index in [0.29, 0.717) is 11.1 Å². The number of hydrogen-bond acceptors (Lipinski definition) is 3. The van der Waals surface area contributed by atoms with Gasteiger partial charge in [-0.05, 0) is 31.2 Å². The van der Waals surface area contributed by atoms with Crippen LogP contribution in [0, 0.1) is 11.3 Å². The van der Waals surface area contributed by atoms with E-state index in [-0.39, 0.29) is 5.57 Å². The van der Waals surface area contributed by atoms with Crippen LogP contribution in [0.1, 0.15) is 18.1 Å². The highest BCUT2D eigenvalue weighted by atomic mass is 16.4. The van der Waals surface area contributed by atoms with E-state index in [2.05, 4.69) is 11.1 Å². The van der Waals surface area contributed by atoms with Crippen molar-refractivity contribution in [2.75, 3.05) is 0 Å². The highest BCUT2D eigenvalue weighted by molar-refractivity contribution is 6.15. The van der Waals surface area contributed by atoms with Crippen molar-refractivity contribution < 1.29 is 9.90 Å². The number of pyridine rings is 1. The molecule has 4 nitrogen and oxygen atoms in total. The fourth-order valence-electron chi connectivity index (χ4n) is 1.92. The highest BCUT2D eigenvalue weighted by Crippen LogP contribution is 2.20. The molecule has 1 heterocycles. The zero-order valence-electron chi connectivity index (χ0n) is 12.0. The van der Waals surface area contributed by atoms with Crippen molar-refractivity contribution in [1.82, 2.24) is 4.98 Å². The van der Waals surface area contributed by atoms with E-state index in [9.17, 15) is 9.90 Å². The van der Waals surface area contributed by atoms with E-state index < -0.39 is 5.97 Å². The number of nitriles is 1. The second-order valence-electron chi connectivity index (χ2n) is 4.53. The maximum atomic E-state index is 11.3. The molecule has 0 aliphatic rings. The lowest BCUT2D eigenvalue weighted by Crippen LogP contribution is -2.00. The maximum Gasteiger partial charge on any atom is 0.336 e. The fourth-order valence-corrected chi connectivity index (χ4v) is 1.92. The third-order valence-corrected chi connectivity index (χ3v) is 3.07. The Labute approximate surface area is 128 Å². The molecule has 0 aliphatic heterocycles. The summed E-state index contributed by atoms with van der Waals surface area (Å²) in [7, 11) is 0. The predicted octanol–water partition coefficient (Wildman–Crippen LogP) is 3.66. The zero-order valence-corrected chi connectivity index (χ0v) is 12.0. The number of nitrogens with zero attached hydrogens (tertiary/aromatic N) is 2. The monoisotopic (exact) mass is 290 g/mol. The van der Waals surface area contributed by atoms with Crippen molar-refractivity contribution in [1.29, 1.82) is 5.26 Å². The molecule has 0 unspecified atom stereocenters. The number of rotatable bonds is 4. The van der Waals surface area contributed by atoms with Crippen molar-refractivity contribution in [3.05, 3.63) is 72.0 Å². The van der Waals surface area contributed by atoms with Gasteiger partial charge in [-0.1, -0.05) is 30.4 Å². The Kier molecular flexibility index (Phi) is 4.84. The van der Waals surface area contributed by atoms with Crippen molar-refractivity contribution in [2.45, 2.75) is 6.92 Å². The summed E-state index contributed by atoms with van der Waals surface area (Å²) < 4.78 is 0. The number of aliphatic carboxylic acids is 1.